The summed E-state index contributed by atoms with van der Waals surface area (Å²) in [4.78, 5) is 10.7. The minimum Gasteiger partial charge on any atom is -0.481 e. The summed E-state index contributed by atoms with van der Waals surface area (Å²) in [5.41, 5.74) is 7.00. The summed E-state index contributed by atoms with van der Waals surface area (Å²) in [5, 5.41) is 8.75. The number of halogens is 3. The zero-order valence-electron chi connectivity index (χ0n) is 11.5. The van der Waals surface area contributed by atoms with Gasteiger partial charge in [-0.3, -0.25) is 4.79 Å². The fourth-order valence-electron chi connectivity index (χ4n) is 2.11. The van der Waals surface area contributed by atoms with E-state index in [0.717, 1.165) is 12.1 Å². The first-order chi connectivity index (χ1) is 10.3. The molecule has 0 aliphatic rings. The average molecular weight is 309 g/mol. The van der Waals surface area contributed by atoms with E-state index in [9.17, 15) is 18.0 Å². The van der Waals surface area contributed by atoms with E-state index >= 15 is 0 Å². The summed E-state index contributed by atoms with van der Waals surface area (Å²) in [7, 11) is 0. The van der Waals surface area contributed by atoms with Gasteiger partial charge < -0.3 is 10.8 Å². The Morgan fingerprint density at radius 3 is 2.27 bits per heavy atom. The number of nitrogens with two attached hydrogens (primary N) is 1. The Labute approximate surface area is 125 Å². The van der Waals surface area contributed by atoms with Crippen LogP contribution in [0.4, 0.5) is 13.2 Å². The van der Waals surface area contributed by atoms with Crippen LogP contribution in [0.5, 0.6) is 0 Å². The van der Waals surface area contributed by atoms with E-state index in [1.807, 2.05) is 0 Å². The van der Waals surface area contributed by atoms with Crippen molar-refractivity contribution in [2.75, 3.05) is 0 Å². The van der Waals surface area contributed by atoms with Gasteiger partial charge in [-0.15, -0.1) is 0 Å². The van der Waals surface area contributed by atoms with Gasteiger partial charge in [-0.25, -0.2) is 0 Å². The number of carbonyl (C=O) groups is 1. The summed E-state index contributed by atoms with van der Waals surface area (Å²) in [6.45, 7) is 0. The Hall–Kier alpha value is -2.34. The van der Waals surface area contributed by atoms with Crippen LogP contribution >= 0.6 is 0 Å². The van der Waals surface area contributed by atoms with Gasteiger partial charge in [0.15, 0.2) is 0 Å². The molecule has 116 valence electrons. The number of alkyl halides is 3. The molecule has 2 aromatic rings. The summed E-state index contributed by atoms with van der Waals surface area (Å²) in [5.74, 6) is -1.01. The molecule has 0 aliphatic carbocycles. The molecular formula is C16H14F3NO2. The van der Waals surface area contributed by atoms with E-state index in [0.29, 0.717) is 16.7 Å². The standard InChI is InChI=1S/C16H14F3NO2/c17-16(18,19)13-6-4-10(5-7-13)11-2-1-3-12(8-11)14(20)9-15(21)22/h1-8,14H,9,20H2,(H,21,22)/t14-/m0/s1. The van der Waals surface area contributed by atoms with Crippen LogP contribution in [0, 0.1) is 0 Å². The summed E-state index contributed by atoms with van der Waals surface area (Å²) < 4.78 is 37.6. The number of hydrogen-bond donors (Lipinski definition) is 2. The van der Waals surface area contributed by atoms with Crippen molar-refractivity contribution in [2.24, 2.45) is 5.73 Å². The molecule has 22 heavy (non-hydrogen) atoms. The van der Waals surface area contributed by atoms with Crippen LogP contribution in [0.3, 0.4) is 0 Å². The van der Waals surface area contributed by atoms with Gasteiger partial charge in [0.25, 0.3) is 0 Å². The first-order valence-corrected chi connectivity index (χ1v) is 6.52. The number of rotatable bonds is 4. The molecule has 3 N–H and O–H groups in total. The topological polar surface area (TPSA) is 63.3 Å². The van der Waals surface area contributed by atoms with Crippen molar-refractivity contribution in [3.05, 3.63) is 59.7 Å². The van der Waals surface area contributed by atoms with Crippen molar-refractivity contribution in [2.45, 2.75) is 18.6 Å². The maximum Gasteiger partial charge on any atom is 0.416 e. The van der Waals surface area contributed by atoms with Crippen molar-refractivity contribution in [1.82, 2.24) is 0 Å². The highest BCUT2D eigenvalue weighted by Gasteiger charge is 2.29. The van der Waals surface area contributed by atoms with E-state index in [4.69, 9.17) is 10.8 Å². The zero-order valence-corrected chi connectivity index (χ0v) is 11.5. The van der Waals surface area contributed by atoms with Crippen molar-refractivity contribution >= 4 is 5.97 Å². The number of benzene rings is 2. The molecule has 2 aromatic carbocycles. The molecule has 0 amide bonds. The quantitative estimate of drug-likeness (QED) is 0.901. The highest BCUT2D eigenvalue weighted by atomic mass is 19.4. The Bertz CT molecular complexity index is 666. The number of hydrogen-bond acceptors (Lipinski definition) is 2. The summed E-state index contributed by atoms with van der Waals surface area (Å²) in [6, 6.07) is 10.9. The first-order valence-electron chi connectivity index (χ1n) is 6.52. The van der Waals surface area contributed by atoms with Crippen LogP contribution in [0.25, 0.3) is 11.1 Å². The minimum atomic E-state index is -4.37. The van der Waals surface area contributed by atoms with Crippen molar-refractivity contribution in [1.29, 1.82) is 0 Å². The smallest absolute Gasteiger partial charge is 0.416 e. The molecule has 1 atom stereocenters. The Morgan fingerprint density at radius 1 is 1.09 bits per heavy atom. The first kappa shape index (κ1) is 16.0. The van der Waals surface area contributed by atoms with Crippen LogP contribution < -0.4 is 5.73 Å². The molecule has 0 heterocycles. The summed E-state index contributed by atoms with van der Waals surface area (Å²) >= 11 is 0. The van der Waals surface area contributed by atoms with Crippen LogP contribution in [-0.2, 0) is 11.0 Å². The van der Waals surface area contributed by atoms with Crippen LogP contribution in [-0.4, -0.2) is 11.1 Å². The predicted molar refractivity (Wildman–Crippen MR) is 76.1 cm³/mol. The Kier molecular flexibility index (Phi) is 4.51. The lowest BCUT2D eigenvalue weighted by Gasteiger charge is -2.12. The van der Waals surface area contributed by atoms with Gasteiger partial charge in [0.1, 0.15) is 0 Å². The third-order valence-corrected chi connectivity index (χ3v) is 3.25. The van der Waals surface area contributed by atoms with Gasteiger partial charge in [0.2, 0.25) is 0 Å². The maximum absolute atomic E-state index is 12.5. The van der Waals surface area contributed by atoms with E-state index in [1.54, 1.807) is 24.3 Å². The SMILES string of the molecule is N[C@@H](CC(=O)O)c1cccc(-c2ccc(C(F)(F)F)cc2)c1. The third-order valence-electron chi connectivity index (χ3n) is 3.25. The van der Waals surface area contributed by atoms with Gasteiger partial charge in [-0.1, -0.05) is 30.3 Å². The van der Waals surface area contributed by atoms with Gasteiger partial charge in [0.05, 0.1) is 12.0 Å². The molecule has 0 bridgehead atoms. The van der Waals surface area contributed by atoms with Crippen molar-refractivity contribution < 1.29 is 23.1 Å². The lowest BCUT2D eigenvalue weighted by atomic mass is 9.98. The lowest BCUT2D eigenvalue weighted by molar-refractivity contribution is -0.138. The van der Waals surface area contributed by atoms with Crippen LogP contribution in [0.2, 0.25) is 0 Å². The van der Waals surface area contributed by atoms with E-state index in [1.165, 1.54) is 12.1 Å². The molecule has 2 rings (SSSR count). The van der Waals surface area contributed by atoms with E-state index in [-0.39, 0.29) is 6.42 Å². The van der Waals surface area contributed by atoms with Crippen LogP contribution in [0.1, 0.15) is 23.6 Å². The minimum absolute atomic E-state index is 0.212. The average Bonchev–Trinajstić information content (AvgIpc) is 2.46. The monoisotopic (exact) mass is 309 g/mol. The second-order valence-corrected chi connectivity index (χ2v) is 4.90. The fourth-order valence-corrected chi connectivity index (χ4v) is 2.11. The molecule has 0 unspecified atom stereocenters. The predicted octanol–water partition coefficient (Wildman–Crippen LogP) is 3.85. The second-order valence-electron chi connectivity index (χ2n) is 4.90. The number of aliphatic carboxylic acids is 1. The van der Waals surface area contributed by atoms with Gasteiger partial charge in [-0.2, -0.15) is 13.2 Å². The molecule has 0 aromatic heterocycles. The normalized spacial score (nSPS) is 12.9. The van der Waals surface area contributed by atoms with E-state index < -0.39 is 23.8 Å². The third kappa shape index (κ3) is 3.85. The van der Waals surface area contributed by atoms with E-state index in [2.05, 4.69) is 0 Å². The van der Waals surface area contributed by atoms with Crippen LogP contribution in [0.15, 0.2) is 48.5 Å². The maximum atomic E-state index is 12.5. The molecule has 0 radical (unpaired) electrons. The largest absolute Gasteiger partial charge is 0.481 e. The van der Waals surface area contributed by atoms with Crippen molar-refractivity contribution in [3.63, 3.8) is 0 Å². The molecule has 3 nitrogen and oxygen atoms in total. The molecule has 0 saturated heterocycles. The van der Waals surface area contributed by atoms with Gasteiger partial charge in [-0.05, 0) is 34.9 Å². The highest BCUT2D eigenvalue weighted by molar-refractivity contribution is 5.69. The second kappa shape index (κ2) is 6.19. The molecule has 6 heteroatoms. The molecule has 0 fully saturated rings. The Morgan fingerprint density at radius 2 is 1.73 bits per heavy atom. The Balaban J connectivity index is 2.28. The van der Waals surface area contributed by atoms with Crippen molar-refractivity contribution in [3.8, 4) is 11.1 Å². The zero-order chi connectivity index (χ0) is 16.3. The molecular weight excluding hydrogens is 295 g/mol. The lowest BCUT2D eigenvalue weighted by Crippen LogP contribution is -2.14. The highest BCUT2D eigenvalue weighted by Crippen LogP contribution is 2.31. The number of carboxylic acid groups (broad SMARTS) is 1. The van der Waals surface area contributed by atoms with Gasteiger partial charge >= 0.3 is 12.1 Å². The molecule has 0 saturated carbocycles. The summed E-state index contributed by atoms with van der Waals surface area (Å²) in [6.07, 6.45) is -4.58. The fraction of sp³-hybridized carbons (Fsp3) is 0.188. The molecule has 0 spiro atoms. The number of carboxylic acids is 1. The van der Waals surface area contributed by atoms with Gasteiger partial charge in [0, 0.05) is 6.04 Å². The molecule has 0 aliphatic heterocycles.